The van der Waals surface area contributed by atoms with Crippen LogP contribution in [0.1, 0.15) is 22.3 Å². The normalized spacial score (nSPS) is 15.9. The van der Waals surface area contributed by atoms with E-state index in [1.54, 1.807) is 33.7 Å². The highest BCUT2D eigenvalue weighted by molar-refractivity contribution is 5.94. The van der Waals surface area contributed by atoms with Crippen molar-refractivity contribution in [3.8, 4) is 0 Å². The quantitative estimate of drug-likeness (QED) is 0.374. The molecule has 4 amide bonds. The molecule has 2 aromatic rings. The topological polar surface area (TPSA) is 142 Å². The smallest absolute Gasteiger partial charge is 0.238 e. The third-order valence-corrected chi connectivity index (χ3v) is 8.60. The van der Waals surface area contributed by atoms with Gasteiger partial charge in [-0.25, -0.2) is 0 Å². The third-order valence-electron chi connectivity index (χ3n) is 8.60. The first-order valence-electron chi connectivity index (χ1n) is 17.9. The molecule has 0 atom stereocenters. The molecule has 3 rings (SSSR count). The molecule has 1 fully saturated rings. The minimum absolute atomic E-state index is 0.0671. The number of carbonyl (C=O) groups excluding carboxylic acids is 4. The summed E-state index contributed by atoms with van der Waals surface area (Å²) in [5.74, 6) is -0.636. The number of aryl methyl sites for hydroxylation is 4. The highest BCUT2D eigenvalue weighted by Crippen LogP contribution is 2.20. The number of rotatable bonds is 10. The van der Waals surface area contributed by atoms with Crippen LogP contribution >= 0.6 is 0 Å². The summed E-state index contributed by atoms with van der Waals surface area (Å²) in [6.07, 6.45) is 0. The number of nitrogens with zero attached hydrogens (tertiary/aromatic N) is 4. The molecule has 0 unspecified atom stereocenters. The number of anilines is 2. The van der Waals surface area contributed by atoms with Crippen molar-refractivity contribution in [1.29, 1.82) is 0 Å². The van der Waals surface area contributed by atoms with Crippen LogP contribution in [0.5, 0.6) is 0 Å². The standard InChI is InChI=1S/C38H58N6O8/c1-29-9-7-10-30(2)37(29)39-33(45)25-41(5)27-35(47)43-13-17-49-21-23-51-19-15-44(16-20-52-24-22-50-18-14-43)36(48)28-42(6)26-34(46)40-38-31(3)11-8-12-32(38)4/h7-12H,13-28H2,1-6H3,(H,39,45)(H,40,46). The molecule has 1 aliphatic heterocycles. The number of nitrogens with one attached hydrogen (secondary N) is 2. The molecule has 0 radical (unpaired) electrons. The Bertz CT molecular complexity index is 1290. The first kappa shape index (κ1) is 42.5. The molecule has 52 heavy (non-hydrogen) atoms. The van der Waals surface area contributed by atoms with E-state index in [-0.39, 0.29) is 49.8 Å². The molecule has 1 saturated heterocycles. The SMILES string of the molecule is Cc1cccc(C)c1NC(=O)CN(C)CC(=O)N1CCOCCOCCN(C(=O)CN(C)CC(=O)Nc2c(C)cccc2C)CCOCCOCC1. The highest BCUT2D eigenvalue weighted by Gasteiger charge is 2.20. The van der Waals surface area contributed by atoms with E-state index in [4.69, 9.17) is 18.9 Å². The van der Waals surface area contributed by atoms with Crippen molar-refractivity contribution >= 4 is 35.0 Å². The number of ether oxygens (including phenoxy) is 4. The summed E-state index contributed by atoms with van der Waals surface area (Å²) in [6.45, 7) is 12.0. The van der Waals surface area contributed by atoms with Crippen LogP contribution in [0.25, 0.3) is 0 Å². The largest absolute Gasteiger partial charge is 0.377 e. The van der Waals surface area contributed by atoms with Crippen molar-refractivity contribution in [2.45, 2.75) is 27.7 Å². The molecular formula is C38H58N6O8. The lowest BCUT2D eigenvalue weighted by Crippen LogP contribution is -2.44. The Morgan fingerprint density at radius 1 is 0.519 bits per heavy atom. The van der Waals surface area contributed by atoms with Crippen LogP contribution in [0.3, 0.4) is 0 Å². The maximum atomic E-state index is 13.2. The lowest BCUT2D eigenvalue weighted by molar-refractivity contribution is -0.136. The molecule has 0 saturated carbocycles. The molecular weight excluding hydrogens is 668 g/mol. The molecule has 0 aromatic heterocycles. The number of para-hydroxylation sites is 2. The zero-order chi connectivity index (χ0) is 37.9. The van der Waals surface area contributed by atoms with Gasteiger partial charge >= 0.3 is 0 Å². The Labute approximate surface area is 308 Å². The van der Waals surface area contributed by atoms with E-state index in [1.165, 1.54) is 0 Å². The Hall–Kier alpha value is -3.92. The van der Waals surface area contributed by atoms with Crippen LogP contribution in [0.4, 0.5) is 11.4 Å². The maximum Gasteiger partial charge on any atom is 0.238 e. The van der Waals surface area contributed by atoms with Crippen molar-refractivity contribution < 1.29 is 38.1 Å². The van der Waals surface area contributed by atoms with Crippen molar-refractivity contribution in [3.05, 3.63) is 58.7 Å². The van der Waals surface area contributed by atoms with E-state index < -0.39 is 0 Å². The Morgan fingerprint density at radius 3 is 1.10 bits per heavy atom. The number of likely N-dealkylation sites (N-methyl/N-ethyl adjacent to an activating group) is 2. The van der Waals surface area contributed by atoms with Crippen LogP contribution in [-0.4, -0.2) is 163 Å². The second kappa shape index (κ2) is 22.9. The van der Waals surface area contributed by atoms with E-state index in [2.05, 4.69) is 10.6 Å². The summed E-state index contributed by atoms with van der Waals surface area (Å²) in [5.41, 5.74) is 5.52. The van der Waals surface area contributed by atoms with Gasteiger partial charge in [-0.3, -0.25) is 29.0 Å². The van der Waals surface area contributed by atoms with Gasteiger partial charge in [0.15, 0.2) is 0 Å². The fourth-order valence-corrected chi connectivity index (χ4v) is 5.71. The Balaban J connectivity index is 1.42. The summed E-state index contributed by atoms with van der Waals surface area (Å²) < 4.78 is 23.0. The molecule has 14 nitrogen and oxygen atoms in total. The van der Waals surface area contributed by atoms with Gasteiger partial charge in [-0.1, -0.05) is 36.4 Å². The highest BCUT2D eigenvalue weighted by atomic mass is 16.5. The van der Waals surface area contributed by atoms with E-state index in [0.717, 1.165) is 33.6 Å². The van der Waals surface area contributed by atoms with Gasteiger partial charge in [0, 0.05) is 37.6 Å². The van der Waals surface area contributed by atoms with Gasteiger partial charge in [0.1, 0.15) is 0 Å². The first-order chi connectivity index (χ1) is 24.9. The van der Waals surface area contributed by atoms with Crippen molar-refractivity contribution in [3.63, 3.8) is 0 Å². The van der Waals surface area contributed by atoms with Gasteiger partial charge in [-0.2, -0.15) is 0 Å². The van der Waals surface area contributed by atoms with Crippen molar-refractivity contribution in [2.24, 2.45) is 0 Å². The van der Waals surface area contributed by atoms with Gasteiger partial charge in [0.25, 0.3) is 0 Å². The van der Waals surface area contributed by atoms with E-state index >= 15 is 0 Å². The van der Waals surface area contributed by atoms with Gasteiger partial charge < -0.3 is 39.4 Å². The summed E-state index contributed by atoms with van der Waals surface area (Å²) >= 11 is 0. The average molecular weight is 727 g/mol. The number of carbonyl (C=O) groups is 4. The van der Waals surface area contributed by atoms with E-state index in [9.17, 15) is 19.2 Å². The summed E-state index contributed by atoms with van der Waals surface area (Å²) in [6, 6.07) is 11.7. The van der Waals surface area contributed by atoms with Crippen LogP contribution in [-0.2, 0) is 38.1 Å². The van der Waals surface area contributed by atoms with Crippen LogP contribution in [0.15, 0.2) is 36.4 Å². The Kier molecular flexibility index (Phi) is 18.7. The van der Waals surface area contributed by atoms with Crippen molar-refractivity contribution in [1.82, 2.24) is 19.6 Å². The maximum absolute atomic E-state index is 13.2. The molecule has 14 heteroatoms. The molecule has 1 heterocycles. The molecule has 0 spiro atoms. The van der Waals surface area contributed by atoms with Crippen LogP contribution in [0.2, 0.25) is 0 Å². The zero-order valence-corrected chi connectivity index (χ0v) is 31.8. The third kappa shape index (κ3) is 15.4. The monoisotopic (exact) mass is 726 g/mol. The second-order valence-electron chi connectivity index (χ2n) is 13.2. The number of hydrogen-bond donors (Lipinski definition) is 2. The lowest BCUT2D eigenvalue weighted by Gasteiger charge is -2.26. The summed E-state index contributed by atoms with van der Waals surface area (Å²) in [7, 11) is 3.48. The number of hydrogen-bond acceptors (Lipinski definition) is 10. The van der Waals surface area contributed by atoms with Crippen LogP contribution < -0.4 is 10.6 Å². The molecule has 1 aliphatic rings. The number of benzene rings is 2. The fourth-order valence-electron chi connectivity index (χ4n) is 5.71. The summed E-state index contributed by atoms with van der Waals surface area (Å²) in [5, 5.41) is 5.93. The minimum atomic E-state index is -0.187. The first-order valence-corrected chi connectivity index (χ1v) is 17.9. The minimum Gasteiger partial charge on any atom is -0.377 e. The predicted octanol–water partition coefficient (Wildman–Crippen LogP) is 2.10. The van der Waals surface area contributed by atoms with E-state index in [0.29, 0.717) is 79.0 Å². The summed E-state index contributed by atoms with van der Waals surface area (Å²) in [4.78, 5) is 58.6. The van der Waals surface area contributed by atoms with Gasteiger partial charge in [0.05, 0.1) is 79.0 Å². The fraction of sp³-hybridized carbons (Fsp3) is 0.579. The Morgan fingerprint density at radius 2 is 0.808 bits per heavy atom. The molecule has 0 aliphatic carbocycles. The second-order valence-corrected chi connectivity index (χ2v) is 13.2. The predicted molar refractivity (Wildman–Crippen MR) is 201 cm³/mol. The lowest BCUT2D eigenvalue weighted by atomic mass is 10.1. The molecule has 2 N–H and O–H groups in total. The van der Waals surface area contributed by atoms with E-state index in [1.807, 2.05) is 64.1 Å². The molecule has 0 bridgehead atoms. The number of amides is 4. The molecule has 2 aromatic carbocycles. The van der Waals surface area contributed by atoms with Crippen LogP contribution in [0, 0.1) is 27.7 Å². The van der Waals surface area contributed by atoms with Gasteiger partial charge in [-0.05, 0) is 64.0 Å². The molecule has 288 valence electrons. The van der Waals surface area contributed by atoms with Crippen molar-refractivity contribution in [2.75, 3.05) is 130 Å². The van der Waals surface area contributed by atoms with Gasteiger partial charge in [0.2, 0.25) is 23.6 Å². The average Bonchev–Trinajstić information content (AvgIpc) is 3.07. The van der Waals surface area contributed by atoms with Gasteiger partial charge in [-0.15, -0.1) is 0 Å². The zero-order valence-electron chi connectivity index (χ0n) is 31.8.